The number of amides is 1. The van der Waals surface area contributed by atoms with Crippen LogP contribution >= 0.6 is 15.9 Å². The van der Waals surface area contributed by atoms with E-state index in [0.29, 0.717) is 16.3 Å². The van der Waals surface area contributed by atoms with Crippen molar-refractivity contribution in [3.63, 3.8) is 0 Å². The number of hydrogen-bond donors (Lipinski definition) is 0. The molecule has 0 spiro atoms. The van der Waals surface area contributed by atoms with E-state index in [9.17, 15) is 4.79 Å². The van der Waals surface area contributed by atoms with Crippen molar-refractivity contribution in [1.82, 2.24) is 15.1 Å². The predicted octanol–water partition coefficient (Wildman–Crippen LogP) is 1.72. The molecule has 86 valence electrons. The molecule has 2 heterocycles. The number of carbonyl (C=O) groups is 1. The molecular weight excluding hydrogens is 270 g/mol. The molecule has 1 aliphatic rings. The van der Waals surface area contributed by atoms with Crippen LogP contribution in [0.5, 0.6) is 0 Å². The van der Waals surface area contributed by atoms with Gasteiger partial charge in [0.1, 0.15) is 0 Å². The third-order valence-corrected chi connectivity index (χ3v) is 4.18. The lowest BCUT2D eigenvalue weighted by Crippen LogP contribution is -2.43. The fourth-order valence-electron chi connectivity index (χ4n) is 1.81. The van der Waals surface area contributed by atoms with Crippen molar-refractivity contribution in [2.45, 2.75) is 18.2 Å². The van der Waals surface area contributed by atoms with Crippen molar-refractivity contribution in [3.8, 4) is 0 Å². The molecule has 0 N–H and O–H groups in total. The van der Waals surface area contributed by atoms with E-state index in [2.05, 4.69) is 33.1 Å². The van der Waals surface area contributed by atoms with Crippen LogP contribution in [0.2, 0.25) is 0 Å². The van der Waals surface area contributed by atoms with Gasteiger partial charge in [-0.05, 0) is 18.4 Å². The Hall–Kier alpha value is -0.970. The second-order valence-corrected chi connectivity index (χ2v) is 5.34. The molecular formula is C11H14BrN3O. The molecule has 1 aromatic heterocycles. The number of rotatable bonds is 1. The van der Waals surface area contributed by atoms with E-state index >= 15 is 0 Å². The van der Waals surface area contributed by atoms with Crippen LogP contribution in [-0.4, -0.2) is 38.9 Å². The first kappa shape index (κ1) is 11.5. The minimum Gasteiger partial charge on any atom is -0.337 e. The van der Waals surface area contributed by atoms with Crippen LogP contribution in [0, 0.1) is 5.92 Å². The normalized spacial score (nSPS) is 25.5. The van der Waals surface area contributed by atoms with Gasteiger partial charge in [-0.3, -0.25) is 4.79 Å². The lowest BCUT2D eigenvalue weighted by Gasteiger charge is -2.34. The molecule has 0 aliphatic carbocycles. The first-order valence-corrected chi connectivity index (χ1v) is 6.30. The molecule has 1 saturated heterocycles. The van der Waals surface area contributed by atoms with Crippen molar-refractivity contribution >= 4 is 21.8 Å². The molecule has 1 amide bonds. The fourth-order valence-corrected chi connectivity index (χ4v) is 2.42. The van der Waals surface area contributed by atoms with Crippen LogP contribution in [0.1, 0.15) is 23.7 Å². The standard InChI is InChI=1S/C11H14BrN3O/c1-8-3-5-15(7-10(8)12)11(16)9-2-4-13-14-6-9/h2,4,6,8,10H,3,5,7H2,1H3. The molecule has 1 fully saturated rings. The highest BCUT2D eigenvalue weighted by molar-refractivity contribution is 9.09. The summed E-state index contributed by atoms with van der Waals surface area (Å²) in [4.78, 5) is 14.3. The smallest absolute Gasteiger partial charge is 0.255 e. The van der Waals surface area contributed by atoms with E-state index in [1.54, 1.807) is 12.3 Å². The maximum absolute atomic E-state index is 12.1. The second kappa shape index (κ2) is 4.91. The Morgan fingerprint density at radius 1 is 1.56 bits per heavy atom. The van der Waals surface area contributed by atoms with Crippen LogP contribution in [0.4, 0.5) is 0 Å². The first-order valence-electron chi connectivity index (χ1n) is 5.38. The van der Waals surface area contributed by atoms with Gasteiger partial charge in [0.05, 0.1) is 18.0 Å². The zero-order valence-electron chi connectivity index (χ0n) is 9.14. The molecule has 1 aromatic rings. The van der Waals surface area contributed by atoms with Gasteiger partial charge in [0.2, 0.25) is 0 Å². The maximum Gasteiger partial charge on any atom is 0.255 e. The SMILES string of the molecule is CC1CCN(C(=O)c2ccnnc2)CC1Br. The minimum atomic E-state index is 0.0475. The summed E-state index contributed by atoms with van der Waals surface area (Å²) in [6.45, 7) is 3.79. The summed E-state index contributed by atoms with van der Waals surface area (Å²) in [6.07, 6.45) is 4.11. The van der Waals surface area contributed by atoms with Crippen LogP contribution < -0.4 is 0 Å². The summed E-state index contributed by atoms with van der Waals surface area (Å²) in [6, 6.07) is 1.70. The number of alkyl halides is 1. The summed E-state index contributed by atoms with van der Waals surface area (Å²) in [7, 11) is 0. The van der Waals surface area contributed by atoms with E-state index in [1.165, 1.54) is 6.20 Å². The Morgan fingerprint density at radius 2 is 2.38 bits per heavy atom. The van der Waals surface area contributed by atoms with Crippen molar-refractivity contribution in [2.24, 2.45) is 5.92 Å². The molecule has 16 heavy (non-hydrogen) atoms. The van der Waals surface area contributed by atoms with Crippen molar-refractivity contribution in [1.29, 1.82) is 0 Å². The molecule has 0 bridgehead atoms. The second-order valence-electron chi connectivity index (χ2n) is 4.16. The average Bonchev–Trinajstić information content (AvgIpc) is 2.33. The summed E-state index contributed by atoms with van der Waals surface area (Å²) < 4.78 is 0. The largest absolute Gasteiger partial charge is 0.337 e. The number of halogens is 1. The minimum absolute atomic E-state index is 0.0475. The Kier molecular flexibility index (Phi) is 3.53. The summed E-state index contributed by atoms with van der Waals surface area (Å²) >= 11 is 3.61. The molecule has 2 rings (SSSR count). The van der Waals surface area contributed by atoms with Gasteiger partial charge in [0, 0.05) is 17.9 Å². The van der Waals surface area contributed by atoms with Crippen molar-refractivity contribution in [2.75, 3.05) is 13.1 Å². The third-order valence-electron chi connectivity index (χ3n) is 2.99. The van der Waals surface area contributed by atoms with Crippen LogP contribution in [0.25, 0.3) is 0 Å². The molecule has 2 unspecified atom stereocenters. The Balaban J connectivity index is 2.06. The van der Waals surface area contributed by atoms with E-state index in [0.717, 1.165) is 19.5 Å². The number of likely N-dealkylation sites (tertiary alicyclic amines) is 1. The van der Waals surface area contributed by atoms with Crippen molar-refractivity contribution < 1.29 is 4.79 Å². The van der Waals surface area contributed by atoms with E-state index in [1.807, 2.05) is 4.90 Å². The summed E-state index contributed by atoms with van der Waals surface area (Å²) in [5, 5.41) is 7.40. The highest BCUT2D eigenvalue weighted by Gasteiger charge is 2.27. The van der Waals surface area contributed by atoms with Gasteiger partial charge in [-0.1, -0.05) is 22.9 Å². The Morgan fingerprint density at radius 3 is 3.00 bits per heavy atom. The molecule has 4 nitrogen and oxygen atoms in total. The number of hydrogen-bond acceptors (Lipinski definition) is 3. The van der Waals surface area contributed by atoms with Crippen LogP contribution in [-0.2, 0) is 0 Å². The molecule has 0 saturated carbocycles. The predicted molar refractivity (Wildman–Crippen MR) is 64.4 cm³/mol. The zero-order chi connectivity index (χ0) is 11.5. The van der Waals surface area contributed by atoms with E-state index in [-0.39, 0.29) is 5.91 Å². The number of piperidine rings is 1. The number of nitrogens with zero attached hydrogens (tertiary/aromatic N) is 3. The average molecular weight is 284 g/mol. The molecule has 2 atom stereocenters. The third kappa shape index (κ3) is 2.40. The van der Waals surface area contributed by atoms with E-state index < -0.39 is 0 Å². The van der Waals surface area contributed by atoms with Crippen LogP contribution in [0.3, 0.4) is 0 Å². The number of carbonyl (C=O) groups excluding carboxylic acids is 1. The van der Waals surface area contributed by atoms with Gasteiger partial charge in [-0.25, -0.2) is 0 Å². The zero-order valence-corrected chi connectivity index (χ0v) is 10.7. The summed E-state index contributed by atoms with van der Waals surface area (Å²) in [5.74, 6) is 0.672. The van der Waals surface area contributed by atoms with Gasteiger partial charge >= 0.3 is 0 Å². The van der Waals surface area contributed by atoms with Gasteiger partial charge in [-0.2, -0.15) is 10.2 Å². The highest BCUT2D eigenvalue weighted by atomic mass is 79.9. The van der Waals surface area contributed by atoms with Gasteiger partial charge in [0.25, 0.3) is 5.91 Å². The Labute approximate surface area is 103 Å². The lowest BCUT2D eigenvalue weighted by molar-refractivity contribution is 0.0705. The lowest BCUT2D eigenvalue weighted by atomic mass is 9.98. The number of aromatic nitrogens is 2. The summed E-state index contributed by atoms with van der Waals surface area (Å²) in [5.41, 5.74) is 0.615. The van der Waals surface area contributed by atoms with Crippen LogP contribution in [0.15, 0.2) is 18.5 Å². The van der Waals surface area contributed by atoms with Gasteiger partial charge in [0.15, 0.2) is 0 Å². The topological polar surface area (TPSA) is 46.1 Å². The maximum atomic E-state index is 12.1. The highest BCUT2D eigenvalue weighted by Crippen LogP contribution is 2.24. The molecule has 5 heteroatoms. The van der Waals surface area contributed by atoms with E-state index in [4.69, 9.17) is 0 Å². The Bertz CT molecular complexity index is 371. The molecule has 0 radical (unpaired) electrons. The quantitative estimate of drug-likeness (QED) is 0.738. The monoisotopic (exact) mass is 283 g/mol. The van der Waals surface area contributed by atoms with Crippen molar-refractivity contribution in [3.05, 3.63) is 24.0 Å². The molecule has 1 aliphatic heterocycles. The molecule has 0 aromatic carbocycles. The van der Waals surface area contributed by atoms with Gasteiger partial charge < -0.3 is 4.90 Å². The van der Waals surface area contributed by atoms with Gasteiger partial charge in [-0.15, -0.1) is 0 Å². The first-order chi connectivity index (χ1) is 7.68. The fraction of sp³-hybridized carbons (Fsp3) is 0.545.